The van der Waals surface area contributed by atoms with Crippen molar-refractivity contribution in [1.29, 1.82) is 0 Å². The van der Waals surface area contributed by atoms with E-state index in [1.807, 2.05) is 0 Å². The maximum atomic E-state index is 13.2. The number of halogens is 7. The second kappa shape index (κ2) is 6.67. The predicted octanol–water partition coefficient (Wildman–Crippen LogP) is 4.40. The van der Waals surface area contributed by atoms with Gasteiger partial charge in [-0.15, -0.1) is 0 Å². The molecule has 0 aromatic rings. The summed E-state index contributed by atoms with van der Waals surface area (Å²) in [6, 6.07) is 0.897. The average Bonchev–Trinajstić information content (AvgIpc) is 2.39. The Balaban J connectivity index is 5.42. The van der Waals surface area contributed by atoms with Gasteiger partial charge in [0.25, 0.3) is 0 Å². The lowest BCUT2D eigenvalue weighted by Crippen LogP contribution is -2.57. The normalized spacial score (nSPS) is 14.1. The van der Waals surface area contributed by atoms with Crippen molar-refractivity contribution in [2.75, 3.05) is 0 Å². The molecule has 0 bridgehead atoms. The molecule has 0 N–H and O–H groups in total. The van der Waals surface area contributed by atoms with Crippen LogP contribution in [0, 0.1) is 0 Å². The van der Waals surface area contributed by atoms with Gasteiger partial charge in [0.2, 0.25) is 5.78 Å². The molecule has 0 amide bonds. The molecule has 0 heterocycles. The fraction of sp³-hybridized carbons (Fsp3) is 0.833. The number of carbonyl (C=O) groups is 2. The number of alkyl halides is 7. The van der Waals surface area contributed by atoms with Crippen LogP contribution in [-0.4, -0.2) is 37.3 Å². The Kier molecular flexibility index (Phi) is 6.39. The van der Waals surface area contributed by atoms with Crippen molar-refractivity contribution in [3.05, 3.63) is 0 Å². The van der Waals surface area contributed by atoms with Crippen molar-refractivity contribution in [2.45, 2.75) is 63.3 Å². The number of hydrogen-bond donors (Lipinski definition) is 0. The quantitative estimate of drug-likeness (QED) is 0.368. The van der Waals surface area contributed by atoms with Crippen molar-refractivity contribution in [3.63, 3.8) is 0 Å². The molecule has 0 saturated carbocycles. The molecule has 0 radical (unpaired) electrons. The summed E-state index contributed by atoms with van der Waals surface area (Å²) in [5.41, 5.74) is 0. The molecule has 0 unspecified atom stereocenters. The first kappa shape index (κ1) is 21.1. The minimum absolute atomic E-state index is 0.299. The summed E-state index contributed by atoms with van der Waals surface area (Å²) >= 11 is 0. The Morgan fingerprint density at radius 3 is 1.45 bits per heavy atom. The third-order valence-corrected chi connectivity index (χ3v) is 9.46. The number of ketones is 1. The Hall–Kier alpha value is -0.933. The molecule has 10 heteroatoms. The van der Waals surface area contributed by atoms with Gasteiger partial charge in [0.15, 0.2) is 0 Å². The highest BCUT2D eigenvalue weighted by molar-refractivity contribution is 7.06. The lowest BCUT2D eigenvalue weighted by molar-refractivity contribution is -0.343. The fourth-order valence-electron chi connectivity index (χ4n) is 2.14. The predicted molar refractivity (Wildman–Crippen MR) is 67.8 cm³/mol. The summed E-state index contributed by atoms with van der Waals surface area (Å²) in [6.45, 7) is 4.80. The van der Waals surface area contributed by atoms with Crippen LogP contribution in [0.4, 0.5) is 30.7 Å². The van der Waals surface area contributed by atoms with Crippen LogP contribution in [0.3, 0.4) is 0 Å². The molecule has 0 aliphatic carbocycles. The van der Waals surface area contributed by atoms with Crippen LogP contribution >= 0.6 is 0 Å². The molecule has 130 valence electrons. The lowest BCUT2D eigenvalue weighted by Gasteiger charge is -2.29. The van der Waals surface area contributed by atoms with Gasteiger partial charge >= 0.3 is 18.0 Å². The molecule has 0 fully saturated rings. The smallest absolute Gasteiger partial charge is 0.305 e. The highest BCUT2D eigenvalue weighted by Gasteiger charge is 2.75. The molecule has 0 aromatic heterocycles. The van der Waals surface area contributed by atoms with Gasteiger partial charge in [-0.05, 0) is 0 Å². The van der Waals surface area contributed by atoms with Gasteiger partial charge in [0, 0.05) is 0 Å². The van der Waals surface area contributed by atoms with Gasteiger partial charge in [-0.25, -0.2) is 0 Å². The van der Waals surface area contributed by atoms with Gasteiger partial charge in [-0.3, -0.25) is 4.79 Å². The van der Waals surface area contributed by atoms with Crippen molar-refractivity contribution >= 4 is 19.3 Å². The monoisotopic (exact) mass is 354 g/mol. The minimum Gasteiger partial charge on any atom is -0.305 e. The molecule has 0 rings (SSSR count). The molecule has 22 heavy (non-hydrogen) atoms. The van der Waals surface area contributed by atoms with E-state index in [1.54, 1.807) is 20.8 Å². The fourth-order valence-corrected chi connectivity index (χ4v) is 5.36. The maximum absolute atomic E-state index is 13.2. The van der Waals surface area contributed by atoms with Gasteiger partial charge in [0.1, 0.15) is 13.5 Å². The van der Waals surface area contributed by atoms with E-state index in [1.165, 1.54) is 0 Å². The molecule has 0 aliphatic rings. The second-order valence-corrected chi connectivity index (χ2v) is 10.3. The Labute approximate surface area is 124 Å². The van der Waals surface area contributed by atoms with Gasteiger partial charge in [-0.1, -0.05) is 38.9 Å². The van der Waals surface area contributed by atoms with E-state index >= 15 is 0 Å². The standard InChI is InChI=1S/C12H17F7O2Si/c1-4-22(5-2,6-3)9(21)7-8(20)10(13,14)11(15,16)12(17,18)19/h4-7H2,1-3H3. The minimum atomic E-state index is -6.58. The first-order valence-electron chi connectivity index (χ1n) is 6.62. The molecule has 0 atom stereocenters. The highest BCUT2D eigenvalue weighted by Crippen LogP contribution is 2.47. The summed E-state index contributed by atoms with van der Waals surface area (Å²) in [5, 5.41) is -0.914. The van der Waals surface area contributed by atoms with Crippen molar-refractivity contribution in [2.24, 2.45) is 0 Å². The number of carbonyl (C=O) groups excluding carboxylic acids is 2. The van der Waals surface area contributed by atoms with Gasteiger partial charge in [-0.2, -0.15) is 30.7 Å². The van der Waals surface area contributed by atoms with E-state index in [2.05, 4.69) is 0 Å². The first-order valence-corrected chi connectivity index (χ1v) is 9.24. The largest absolute Gasteiger partial charge is 0.460 e. The van der Waals surface area contributed by atoms with Crippen LogP contribution in [0.5, 0.6) is 0 Å². The zero-order chi connectivity index (χ0) is 18.0. The van der Waals surface area contributed by atoms with Crippen LogP contribution in [0.25, 0.3) is 0 Å². The van der Waals surface area contributed by atoms with E-state index in [0.717, 1.165) is 0 Å². The van der Waals surface area contributed by atoms with Crippen LogP contribution < -0.4 is 0 Å². The second-order valence-electron chi connectivity index (χ2n) is 5.01. The number of hydrogen-bond acceptors (Lipinski definition) is 2. The van der Waals surface area contributed by atoms with Crippen molar-refractivity contribution in [1.82, 2.24) is 0 Å². The van der Waals surface area contributed by atoms with E-state index in [0.29, 0.717) is 18.1 Å². The van der Waals surface area contributed by atoms with E-state index in [-0.39, 0.29) is 0 Å². The summed E-state index contributed by atoms with van der Waals surface area (Å²) in [5.74, 6) is -15.2. The third-order valence-electron chi connectivity index (χ3n) is 4.04. The molecule has 0 saturated heterocycles. The summed E-state index contributed by atoms with van der Waals surface area (Å²) in [7, 11) is -2.79. The highest BCUT2D eigenvalue weighted by atomic mass is 28.3. The van der Waals surface area contributed by atoms with Gasteiger partial charge in [0.05, 0.1) is 6.42 Å². The molecule has 2 nitrogen and oxygen atoms in total. The molecular weight excluding hydrogens is 337 g/mol. The van der Waals surface area contributed by atoms with Crippen LogP contribution in [0.2, 0.25) is 18.1 Å². The summed E-state index contributed by atoms with van der Waals surface area (Å²) in [6.07, 6.45) is -8.18. The maximum Gasteiger partial charge on any atom is 0.460 e. The van der Waals surface area contributed by atoms with Crippen LogP contribution in [0.1, 0.15) is 27.2 Å². The van der Waals surface area contributed by atoms with Gasteiger partial charge < -0.3 is 4.79 Å². The SMILES string of the molecule is CC[Si](CC)(CC)C(=O)CC(=O)C(F)(F)C(F)(F)C(F)(F)F. The molecule has 0 aromatic carbocycles. The Morgan fingerprint density at radius 1 is 0.818 bits per heavy atom. The topological polar surface area (TPSA) is 34.1 Å². The van der Waals surface area contributed by atoms with Crippen LogP contribution in [-0.2, 0) is 9.59 Å². The Bertz CT molecular complexity index is 419. The van der Waals surface area contributed by atoms with E-state index in [9.17, 15) is 40.3 Å². The summed E-state index contributed by atoms with van der Waals surface area (Å²) < 4.78 is 87.9. The zero-order valence-electron chi connectivity index (χ0n) is 12.3. The van der Waals surface area contributed by atoms with Crippen molar-refractivity contribution < 1.29 is 40.3 Å². The lowest BCUT2D eigenvalue weighted by atomic mass is 10.0. The zero-order valence-corrected chi connectivity index (χ0v) is 13.3. The summed E-state index contributed by atoms with van der Waals surface area (Å²) in [4.78, 5) is 23.2. The molecular formula is C12H17F7O2Si. The Morgan fingerprint density at radius 2 is 1.18 bits per heavy atom. The number of rotatable bonds is 8. The molecule has 0 spiro atoms. The molecule has 0 aliphatic heterocycles. The van der Waals surface area contributed by atoms with E-state index in [4.69, 9.17) is 0 Å². The average molecular weight is 354 g/mol. The van der Waals surface area contributed by atoms with Crippen molar-refractivity contribution in [3.8, 4) is 0 Å². The van der Waals surface area contributed by atoms with E-state index < -0.39 is 43.7 Å². The first-order chi connectivity index (χ1) is 9.73. The third kappa shape index (κ3) is 3.52. The number of Topliss-reactive ketones (excluding diaryl/α,β-unsaturated/α-hetero) is 1. The van der Waals surface area contributed by atoms with Crippen LogP contribution in [0.15, 0.2) is 0 Å².